The van der Waals surface area contributed by atoms with E-state index in [1.54, 1.807) is 0 Å². The number of piperazine rings is 1. The molecule has 0 atom stereocenters. The van der Waals surface area contributed by atoms with Crippen LogP contribution in [0.15, 0.2) is 73.1 Å². The Morgan fingerprint density at radius 2 is 1.27 bits per heavy atom. The summed E-state index contributed by atoms with van der Waals surface area (Å²) in [4.78, 5) is 9.00. The first kappa shape index (κ1) is 20.5. The zero-order chi connectivity index (χ0) is 20.8. The summed E-state index contributed by atoms with van der Waals surface area (Å²) in [6, 6.07) is 17.5. The van der Waals surface area contributed by atoms with E-state index >= 15 is 0 Å². The van der Waals surface area contributed by atoms with Gasteiger partial charge in [-0.1, -0.05) is 24.3 Å². The van der Waals surface area contributed by atoms with Gasteiger partial charge in [0, 0.05) is 50.2 Å². The van der Waals surface area contributed by atoms with Gasteiger partial charge in [-0.15, -0.1) is 0 Å². The predicted molar refractivity (Wildman–Crippen MR) is 117 cm³/mol. The van der Waals surface area contributed by atoms with Crippen molar-refractivity contribution in [1.29, 1.82) is 0 Å². The second-order valence-electron chi connectivity index (χ2n) is 7.83. The summed E-state index contributed by atoms with van der Waals surface area (Å²) >= 11 is 0. The average molecular weight is 408 g/mol. The number of hydrogen-bond donors (Lipinski definition) is 0. The third-order valence-electron chi connectivity index (χ3n) is 5.91. The molecule has 156 valence electrons. The van der Waals surface area contributed by atoms with Crippen LogP contribution in [-0.4, -0.2) is 42.6 Å². The molecule has 0 radical (unpaired) electrons. The molecular weight excluding hydrogens is 380 g/mol. The highest BCUT2D eigenvalue weighted by atomic mass is 19.1. The third-order valence-corrected chi connectivity index (χ3v) is 5.91. The van der Waals surface area contributed by atoms with Crippen LogP contribution >= 0.6 is 0 Å². The van der Waals surface area contributed by atoms with E-state index < -0.39 is 0 Å². The van der Waals surface area contributed by atoms with E-state index in [9.17, 15) is 8.78 Å². The van der Waals surface area contributed by atoms with Crippen LogP contribution in [0.2, 0.25) is 0 Å². The third kappa shape index (κ3) is 5.22. The second-order valence-corrected chi connectivity index (χ2v) is 7.83. The lowest BCUT2D eigenvalue weighted by atomic mass is 9.87. The van der Waals surface area contributed by atoms with Crippen LogP contribution in [0.4, 0.5) is 14.5 Å². The van der Waals surface area contributed by atoms with Gasteiger partial charge in [0.05, 0.1) is 0 Å². The average Bonchev–Trinajstić information content (AvgIpc) is 2.79. The Morgan fingerprint density at radius 3 is 1.80 bits per heavy atom. The van der Waals surface area contributed by atoms with Gasteiger partial charge in [-0.05, 0) is 66.9 Å². The molecule has 1 fully saturated rings. The SMILES string of the molecule is Fc1ccc(C(CCCN2CCN(c3ccncc3)CC2)c2ccc(F)cc2)cc1. The Balaban J connectivity index is 1.34. The zero-order valence-corrected chi connectivity index (χ0v) is 17.1. The van der Waals surface area contributed by atoms with Gasteiger partial charge in [-0.25, -0.2) is 8.78 Å². The van der Waals surface area contributed by atoms with Crippen LogP contribution < -0.4 is 4.90 Å². The van der Waals surface area contributed by atoms with E-state index in [1.807, 2.05) is 36.7 Å². The highest BCUT2D eigenvalue weighted by Gasteiger charge is 2.19. The normalized spacial score (nSPS) is 15.0. The van der Waals surface area contributed by atoms with Crippen molar-refractivity contribution < 1.29 is 8.78 Å². The fourth-order valence-corrected chi connectivity index (χ4v) is 4.22. The highest BCUT2D eigenvalue weighted by molar-refractivity contribution is 5.45. The van der Waals surface area contributed by atoms with Crippen LogP contribution in [-0.2, 0) is 0 Å². The molecule has 0 spiro atoms. The first-order valence-electron chi connectivity index (χ1n) is 10.6. The maximum Gasteiger partial charge on any atom is 0.123 e. The maximum absolute atomic E-state index is 13.4. The van der Waals surface area contributed by atoms with Crippen LogP contribution in [0.1, 0.15) is 29.9 Å². The summed E-state index contributed by atoms with van der Waals surface area (Å²) in [5.41, 5.74) is 3.38. The quantitative estimate of drug-likeness (QED) is 0.544. The largest absolute Gasteiger partial charge is 0.369 e. The van der Waals surface area contributed by atoms with Gasteiger partial charge in [0.15, 0.2) is 0 Å². The summed E-state index contributed by atoms with van der Waals surface area (Å²) < 4.78 is 26.8. The van der Waals surface area contributed by atoms with Crippen LogP contribution in [0.25, 0.3) is 0 Å². The van der Waals surface area contributed by atoms with E-state index in [-0.39, 0.29) is 17.6 Å². The number of nitrogens with zero attached hydrogens (tertiary/aromatic N) is 3. The second kappa shape index (κ2) is 9.81. The predicted octanol–water partition coefficient (Wildman–Crippen LogP) is 5.09. The standard InChI is InChI=1S/C25H27F2N3/c26-22-7-3-20(4-8-22)25(21-5-9-23(27)10-6-21)2-1-15-29-16-18-30(19-17-29)24-11-13-28-14-12-24/h3-14,25H,1-2,15-19H2. The Hall–Kier alpha value is -2.79. The molecule has 0 N–H and O–H groups in total. The first-order valence-corrected chi connectivity index (χ1v) is 10.6. The molecule has 3 nitrogen and oxygen atoms in total. The van der Waals surface area contributed by atoms with Crippen molar-refractivity contribution in [2.45, 2.75) is 18.8 Å². The fraction of sp³-hybridized carbons (Fsp3) is 0.320. The first-order chi connectivity index (χ1) is 14.7. The van der Waals surface area contributed by atoms with Crippen LogP contribution in [0.5, 0.6) is 0 Å². The van der Waals surface area contributed by atoms with Gasteiger partial charge in [-0.3, -0.25) is 9.88 Å². The molecule has 0 amide bonds. The topological polar surface area (TPSA) is 19.4 Å². The van der Waals surface area contributed by atoms with E-state index in [4.69, 9.17) is 0 Å². The molecule has 30 heavy (non-hydrogen) atoms. The number of rotatable bonds is 7. The summed E-state index contributed by atoms with van der Waals surface area (Å²) in [6.45, 7) is 5.15. The molecule has 1 aliphatic rings. The summed E-state index contributed by atoms with van der Waals surface area (Å²) in [7, 11) is 0. The number of halogens is 2. The molecule has 2 heterocycles. The van der Waals surface area contributed by atoms with Crippen molar-refractivity contribution in [3.8, 4) is 0 Å². The van der Waals surface area contributed by atoms with Gasteiger partial charge in [0.2, 0.25) is 0 Å². The number of hydrogen-bond acceptors (Lipinski definition) is 3. The minimum Gasteiger partial charge on any atom is -0.369 e. The van der Waals surface area contributed by atoms with Crippen molar-refractivity contribution in [3.05, 3.63) is 95.8 Å². The summed E-state index contributed by atoms with van der Waals surface area (Å²) in [6.07, 6.45) is 5.66. The zero-order valence-electron chi connectivity index (χ0n) is 17.1. The molecule has 0 aliphatic carbocycles. The Bertz CT molecular complexity index is 860. The Labute approximate surface area is 177 Å². The number of pyridine rings is 1. The minimum atomic E-state index is -0.233. The minimum absolute atomic E-state index is 0.143. The Kier molecular flexibility index (Phi) is 6.70. The molecule has 4 rings (SSSR count). The molecule has 3 aromatic rings. The molecule has 2 aromatic carbocycles. The van der Waals surface area contributed by atoms with Crippen molar-refractivity contribution in [2.24, 2.45) is 0 Å². The lowest BCUT2D eigenvalue weighted by Crippen LogP contribution is -2.46. The molecule has 0 unspecified atom stereocenters. The molecule has 1 aromatic heterocycles. The van der Waals surface area contributed by atoms with E-state index in [0.717, 1.165) is 56.7 Å². The van der Waals surface area contributed by atoms with Gasteiger partial charge in [0.1, 0.15) is 11.6 Å². The van der Waals surface area contributed by atoms with Gasteiger partial charge in [0.25, 0.3) is 0 Å². The van der Waals surface area contributed by atoms with Crippen molar-refractivity contribution in [3.63, 3.8) is 0 Å². The van der Waals surface area contributed by atoms with Gasteiger partial charge < -0.3 is 4.90 Å². The van der Waals surface area contributed by atoms with E-state index in [2.05, 4.69) is 26.9 Å². The van der Waals surface area contributed by atoms with Crippen LogP contribution in [0.3, 0.4) is 0 Å². The molecule has 5 heteroatoms. The van der Waals surface area contributed by atoms with Crippen molar-refractivity contribution >= 4 is 5.69 Å². The number of aromatic nitrogens is 1. The monoisotopic (exact) mass is 407 g/mol. The van der Waals surface area contributed by atoms with Crippen LogP contribution in [0, 0.1) is 11.6 Å². The van der Waals surface area contributed by atoms with Gasteiger partial charge >= 0.3 is 0 Å². The maximum atomic E-state index is 13.4. The molecule has 1 saturated heterocycles. The number of anilines is 1. The molecular formula is C25H27F2N3. The fourth-order valence-electron chi connectivity index (χ4n) is 4.22. The smallest absolute Gasteiger partial charge is 0.123 e. The van der Waals surface area contributed by atoms with Crippen molar-refractivity contribution in [1.82, 2.24) is 9.88 Å². The lowest BCUT2D eigenvalue weighted by molar-refractivity contribution is 0.251. The summed E-state index contributed by atoms with van der Waals surface area (Å²) in [5, 5.41) is 0. The number of benzene rings is 2. The van der Waals surface area contributed by atoms with Gasteiger partial charge in [-0.2, -0.15) is 0 Å². The summed E-state index contributed by atoms with van der Waals surface area (Å²) in [5.74, 6) is -0.323. The molecule has 0 bridgehead atoms. The highest BCUT2D eigenvalue weighted by Crippen LogP contribution is 2.30. The van der Waals surface area contributed by atoms with E-state index in [1.165, 1.54) is 30.0 Å². The molecule has 1 aliphatic heterocycles. The lowest BCUT2D eigenvalue weighted by Gasteiger charge is -2.36. The molecule has 0 saturated carbocycles. The van der Waals surface area contributed by atoms with E-state index in [0.29, 0.717) is 0 Å². The van der Waals surface area contributed by atoms with Crippen molar-refractivity contribution in [2.75, 3.05) is 37.6 Å². The Morgan fingerprint density at radius 1 is 0.733 bits per heavy atom.